The maximum atomic E-state index is 14.0. The second-order valence-electron chi connectivity index (χ2n) is 10.7. The van der Waals surface area contributed by atoms with Gasteiger partial charge in [-0.1, -0.05) is 39.0 Å². The Bertz CT molecular complexity index is 1630. The number of fused-ring (bicyclic) bond motifs is 1. The predicted molar refractivity (Wildman–Crippen MR) is 148 cm³/mol. The Balaban J connectivity index is 1.46. The summed E-state index contributed by atoms with van der Waals surface area (Å²) in [7, 11) is 0. The predicted octanol–water partition coefficient (Wildman–Crippen LogP) is 5.41. The van der Waals surface area contributed by atoms with E-state index >= 15 is 0 Å². The van der Waals surface area contributed by atoms with Gasteiger partial charge in [-0.05, 0) is 36.5 Å². The van der Waals surface area contributed by atoms with Crippen LogP contribution in [0.15, 0.2) is 60.7 Å². The molecule has 0 bridgehead atoms. The average molecular weight is 541 g/mol. The molecule has 0 saturated carbocycles. The van der Waals surface area contributed by atoms with Crippen LogP contribution in [0.4, 0.5) is 10.2 Å². The van der Waals surface area contributed by atoms with E-state index in [2.05, 4.69) is 19.8 Å². The second kappa shape index (κ2) is 10.7. The number of carbonyl (C=O) groups is 1. The van der Waals surface area contributed by atoms with Crippen LogP contribution < -0.4 is 10.5 Å². The third-order valence-electron chi connectivity index (χ3n) is 6.52. The topological polar surface area (TPSA) is 116 Å². The van der Waals surface area contributed by atoms with Crippen molar-refractivity contribution in [2.75, 3.05) is 18.8 Å². The number of piperidine rings is 1. The first-order valence-corrected chi connectivity index (χ1v) is 12.9. The lowest BCUT2D eigenvalue weighted by Gasteiger charge is -2.33. The molecule has 1 atom stereocenters. The van der Waals surface area contributed by atoms with Crippen LogP contribution in [0.3, 0.4) is 0 Å². The third-order valence-corrected chi connectivity index (χ3v) is 6.52. The zero-order valence-corrected chi connectivity index (χ0v) is 22.5. The van der Waals surface area contributed by atoms with Crippen LogP contribution in [0.25, 0.3) is 27.1 Å². The van der Waals surface area contributed by atoms with Gasteiger partial charge in [-0.3, -0.25) is 4.79 Å². The zero-order valence-electron chi connectivity index (χ0n) is 22.5. The fraction of sp³-hybridized carbons (Fsp3) is 0.310. The molecule has 2 N–H and O–H groups in total. The van der Waals surface area contributed by atoms with Crippen molar-refractivity contribution in [3.05, 3.63) is 77.9 Å². The molecule has 1 aliphatic heterocycles. The number of hydrogen-bond acceptors (Lipinski definition) is 7. The van der Waals surface area contributed by atoms with Crippen molar-refractivity contribution < 1.29 is 13.9 Å². The number of pyridine rings is 1. The Kier molecular flexibility index (Phi) is 7.17. The summed E-state index contributed by atoms with van der Waals surface area (Å²) in [5.41, 5.74) is 7.84. The van der Waals surface area contributed by atoms with E-state index in [0.717, 1.165) is 12.8 Å². The molecule has 1 amide bonds. The van der Waals surface area contributed by atoms with Gasteiger partial charge in [-0.25, -0.2) is 28.9 Å². The Hall–Kier alpha value is -4.85. The van der Waals surface area contributed by atoms with Gasteiger partial charge in [0.2, 0.25) is 11.6 Å². The summed E-state index contributed by atoms with van der Waals surface area (Å²) in [6.45, 7) is 14.4. The summed E-state index contributed by atoms with van der Waals surface area (Å²) in [5, 5.41) is 5.44. The van der Waals surface area contributed by atoms with Crippen LogP contribution in [0.5, 0.6) is 11.6 Å². The highest BCUT2D eigenvalue weighted by molar-refractivity contribution is 5.98. The Morgan fingerprint density at radius 1 is 1.20 bits per heavy atom. The van der Waals surface area contributed by atoms with E-state index < -0.39 is 5.82 Å². The number of carbonyl (C=O) groups excluding carboxylic acids is 1. The molecule has 0 unspecified atom stereocenters. The molecule has 10 nitrogen and oxygen atoms in total. The third kappa shape index (κ3) is 5.47. The number of para-hydroxylation sites is 1. The van der Waals surface area contributed by atoms with E-state index in [1.54, 1.807) is 46.1 Å². The molecule has 4 heterocycles. The normalized spacial score (nSPS) is 16.1. The summed E-state index contributed by atoms with van der Waals surface area (Å²) in [4.78, 5) is 31.4. The van der Waals surface area contributed by atoms with E-state index in [4.69, 9.17) is 22.1 Å². The summed E-state index contributed by atoms with van der Waals surface area (Å²) in [6.07, 6.45) is 6.20. The molecule has 0 spiro atoms. The average Bonchev–Trinajstić information content (AvgIpc) is 3.34. The summed E-state index contributed by atoms with van der Waals surface area (Å²) in [5.74, 6) is -0.201. The molecule has 3 aromatic heterocycles. The number of halogens is 1. The fourth-order valence-electron chi connectivity index (χ4n) is 4.73. The lowest BCUT2D eigenvalue weighted by Crippen LogP contribution is -2.41. The van der Waals surface area contributed by atoms with Crippen molar-refractivity contribution in [1.29, 1.82) is 0 Å². The number of anilines is 1. The minimum Gasteiger partial charge on any atom is -0.436 e. The van der Waals surface area contributed by atoms with Crippen molar-refractivity contribution in [2.24, 2.45) is 5.41 Å². The molecule has 0 aliphatic carbocycles. The van der Waals surface area contributed by atoms with E-state index in [0.29, 0.717) is 35.4 Å². The standard InChI is InChI=1S/C29H29FN8O2/c1-29(2,3)14-21(32-4)28(39)37-13-7-8-19(16-37)38-27-24(26(31)34-17-35-27)25(36-38)18-11-12-23(33-15-18)40-22-10-6-5-9-20(22)30/h5-6,9-12,14-15,17,19H,7-8,13,16H2,1-3H3,(H2,31,34,35)/b21-14-/t19-/m1/s1. The van der Waals surface area contributed by atoms with Gasteiger partial charge in [0.15, 0.2) is 17.2 Å². The number of ether oxygens (including phenoxy) is 1. The fourth-order valence-corrected chi connectivity index (χ4v) is 4.73. The Labute approximate surface area is 231 Å². The summed E-state index contributed by atoms with van der Waals surface area (Å²) in [6, 6.07) is 9.31. The first-order chi connectivity index (χ1) is 19.1. The van der Waals surface area contributed by atoms with Gasteiger partial charge in [0, 0.05) is 30.9 Å². The Morgan fingerprint density at radius 2 is 2.00 bits per heavy atom. The maximum Gasteiger partial charge on any atom is 0.252 e. The molecular weight excluding hydrogens is 511 g/mol. The van der Waals surface area contributed by atoms with Crippen molar-refractivity contribution in [3.63, 3.8) is 0 Å². The SMILES string of the molecule is [C-]#[N+]/C(=C\C(C)(C)C)C(=O)N1CCC[C@@H](n2nc(-c3ccc(Oc4ccccc4F)nc3)c3c(N)ncnc32)C1. The molecule has 40 heavy (non-hydrogen) atoms. The number of hydrogen-bond donors (Lipinski definition) is 1. The van der Waals surface area contributed by atoms with Gasteiger partial charge >= 0.3 is 0 Å². The minimum atomic E-state index is -0.486. The zero-order chi connectivity index (χ0) is 28.4. The van der Waals surface area contributed by atoms with E-state index in [1.165, 1.54) is 18.5 Å². The van der Waals surface area contributed by atoms with Crippen LogP contribution in [0.2, 0.25) is 0 Å². The van der Waals surface area contributed by atoms with Gasteiger partial charge < -0.3 is 15.4 Å². The van der Waals surface area contributed by atoms with Gasteiger partial charge in [0.1, 0.15) is 17.8 Å². The van der Waals surface area contributed by atoms with Crippen molar-refractivity contribution in [2.45, 2.75) is 39.7 Å². The number of rotatable bonds is 5. The van der Waals surface area contributed by atoms with Crippen LogP contribution in [0, 0.1) is 17.8 Å². The van der Waals surface area contributed by atoms with Gasteiger partial charge in [-0.2, -0.15) is 5.10 Å². The monoisotopic (exact) mass is 540 g/mol. The Morgan fingerprint density at radius 3 is 2.70 bits per heavy atom. The van der Waals surface area contributed by atoms with Gasteiger partial charge in [0.25, 0.3) is 5.91 Å². The number of allylic oxidation sites excluding steroid dienone is 1. The quantitative estimate of drug-likeness (QED) is 0.266. The van der Waals surface area contributed by atoms with E-state index in [9.17, 15) is 9.18 Å². The highest BCUT2D eigenvalue weighted by atomic mass is 19.1. The second-order valence-corrected chi connectivity index (χ2v) is 10.7. The first-order valence-electron chi connectivity index (χ1n) is 12.9. The van der Waals surface area contributed by atoms with Crippen LogP contribution in [-0.4, -0.2) is 48.6 Å². The molecule has 204 valence electrons. The number of likely N-dealkylation sites (tertiary alicyclic amines) is 1. The highest BCUT2D eigenvalue weighted by Gasteiger charge is 2.30. The number of nitrogen functional groups attached to an aromatic ring is 1. The van der Waals surface area contributed by atoms with Crippen LogP contribution in [-0.2, 0) is 4.79 Å². The summed E-state index contributed by atoms with van der Waals surface area (Å²) < 4.78 is 21.4. The molecule has 5 rings (SSSR count). The van der Waals surface area contributed by atoms with Crippen molar-refractivity contribution in [3.8, 4) is 22.9 Å². The highest BCUT2D eigenvalue weighted by Crippen LogP contribution is 2.34. The first kappa shape index (κ1) is 26.7. The van der Waals surface area contributed by atoms with E-state index in [1.807, 2.05) is 20.8 Å². The molecule has 4 aromatic rings. The smallest absolute Gasteiger partial charge is 0.252 e. The van der Waals surface area contributed by atoms with Crippen LogP contribution >= 0.6 is 0 Å². The molecule has 1 aromatic carbocycles. The number of nitrogens with zero attached hydrogens (tertiary/aromatic N) is 7. The molecule has 11 heteroatoms. The van der Waals surface area contributed by atoms with Gasteiger partial charge in [0.05, 0.1) is 18.0 Å². The number of nitrogens with two attached hydrogens (primary N) is 1. The molecule has 0 radical (unpaired) electrons. The van der Waals surface area contributed by atoms with Crippen molar-refractivity contribution >= 4 is 22.8 Å². The molecule has 1 aliphatic rings. The molecule has 1 saturated heterocycles. The lowest BCUT2D eigenvalue weighted by molar-refractivity contribution is -0.128. The van der Waals surface area contributed by atoms with Crippen LogP contribution in [0.1, 0.15) is 39.7 Å². The number of aromatic nitrogens is 5. The maximum absolute atomic E-state index is 14.0. The minimum absolute atomic E-state index is 0.0743. The molecule has 1 fully saturated rings. The summed E-state index contributed by atoms with van der Waals surface area (Å²) >= 11 is 0. The number of benzene rings is 1. The lowest BCUT2D eigenvalue weighted by atomic mass is 9.95. The van der Waals surface area contributed by atoms with Gasteiger partial charge in [-0.15, -0.1) is 0 Å². The largest absolute Gasteiger partial charge is 0.436 e. The van der Waals surface area contributed by atoms with Crippen molar-refractivity contribution in [1.82, 2.24) is 29.6 Å². The number of amides is 1. The van der Waals surface area contributed by atoms with E-state index in [-0.39, 0.29) is 40.5 Å². The molecular formula is C29H29FN8O2.